The maximum absolute atomic E-state index is 6.56. The van der Waals surface area contributed by atoms with Crippen molar-refractivity contribution in [3.05, 3.63) is 89.0 Å². The van der Waals surface area contributed by atoms with Crippen molar-refractivity contribution >= 4 is 23.1 Å². The molecule has 1 aliphatic carbocycles. The molecule has 0 aliphatic heterocycles. The molecule has 1 aliphatic rings. The van der Waals surface area contributed by atoms with Crippen LogP contribution in [0.25, 0.3) is 28.3 Å². The summed E-state index contributed by atoms with van der Waals surface area (Å²) in [5.74, 6) is 0.432. The Morgan fingerprint density at radius 2 is 1.46 bits per heavy atom. The number of rotatable bonds is 4. The van der Waals surface area contributed by atoms with Crippen LogP contribution in [0.5, 0.6) is 0 Å². The Hall–Kier alpha value is -1.14. The van der Waals surface area contributed by atoms with Crippen molar-refractivity contribution in [1.29, 1.82) is 0 Å². The molecule has 0 N–H and O–H groups in total. The van der Waals surface area contributed by atoms with Crippen molar-refractivity contribution in [1.82, 2.24) is 0 Å². The molecule has 0 bridgehead atoms. The van der Waals surface area contributed by atoms with E-state index in [0.29, 0.717) is 5.92 Å². The monoisotopic (exact) mass is 483 g/mol. The van der Waals surface area contributed by atoms with Gasteiger partial charge in [-0.1, -0.05) is 0 Å². The van der Waals surface area contributed by atoms with E-state index in [2.05, 4.69) is 93.6 Å². The fraction of sp³-hybridized carbons (Fsp3) is 0.200. The molecule has 0 amide bonds. The van der Waals surface area contributed by atoms with Gasteiger partial charge in [0.15, 0.2) is 0 Å². The number of halogens is 2. The second-order valence-corrected chi connectivity index (χ2v) is 16.5. The summed E-state index contributed by atoms with van der Waals surface area (Å²) in [5, 5.41) is 0. The zero-order valence-electron chi connectivity index (χ0n) is 16.3. The molecule has 3 aromatic carbocycles. The molecule has 0 saturated heterocycles. The summed E-state index contributed by atoms with van der Waals surface area (Å²) in [4.78, 5) is 0. The van der Waals surface area contributed by atoms with Crippen LogP contribution in [0.1, 0.15) is 47.0 Å². The molecule has 1 unspecified atom stereocenters. The number of allylic oxidation sites excluding steroid dienone is 1. The van der Waals surface area contributed by atoms with E-state index in [-0.39, 0.29) is 3.63 Å². The van der Waals surface area contributed by atoms with Gasteiger partial charge >= 0.3 is 184 Å². The molecule has 0 spiro atoms. The Morgan fingerprint density at radius 3 is 2.11 bits per heavy atom. The van der Waals surface area contributed by atoms with E-state index < -0.39 is 19.4 Å². The summed E-state index contributed by atoms with van der Waals surface area (Å²) in [5.41, 5.74) is 10.5. The van der Waals surface area contributed by atoms with Crippen molar-refractivity contribution < 1.29 is 19.4 Å². The van der Waals surface area contributed by atoms with E-state index in [1.165, 1.54) is 44.5 Å². The fourth-order valence-corrected chi connectivity index (χ4v) is 9.93. The minimum atomic E-state index is -2.46. The maximum atomic E-state index is 6.56. The molecule has 4 rings (SSSR count). The molecule has 3 aromatic rings. The first-order chi connectivity index (χ1) is 13.5. The normalized spacial score (nSPS) is 15.5. The van der Waals surface area contributed by atoms with Crippen LogP contribution < -0.4 is 0 Å². The SMILES string of the molecule is CC1=Cc2c(ccc(C(C)C)c2-c2ccccc2-c2ccccc2)[CH]1[Zr]([Cl])[Cl]. The van der Waals surface area contributed by atoms with Crippen LogP contribution in [0.4, 0.5) is 0 Å². The molecule has 0 heterocycles. The molecular formula is C25H23Cl2Zr. The molecule has 28 heavy (non-hydrogen) atoms. The Bertz CT molecular complexity index is 1040. The quantitative estimate of drug-likeness (QED) is 0.347. The zero-order valence-corrected chi connectivity index (χ0v) is 20.3. The summed E-state index contributed by atoms with van der Waals surface area (Å²) in [6, 6.07) is 23.9. The van der Waals surface area contributed by atoms with Gasteiger partial charge in [-0.15, -0.1) is 0 Å². The van der Waals surface area contributed by atoms with Crippen molar-refractivity contribution in [2.75, 3.05) is 0 Å². The number of benzene rings is 3. The van der Waals surface area contributed by atoms with Crippen molar-refractivity contribution in [3.8, 4) is 22.3 Å². The molecule has 0 aromatic heterocycles. The van der Waals surface area contributed by atoms with Gasteiger partial charge in [-0.25, -0.2) is 0 Å². The summed E-state index contributed by atoms with van der Waals surface area (Å²) in [7, 11) is 13.1. The standard InChI is InChI=1S/C25H23.2ClH.Zr/c1-17(2)21-14-13-20-15-18(3)16-24(20)25(21)23-12-8-7-11-22(23)19-9-5-4-6-10-19;;;/h4-17H,1-3H3;2*1H;/q;;;+2/p-2. The van der Waals surface area contributed by atoms with Gasteiger partial charge in [0, 0.05) is 0 Å². The summed E-state index contributed by atoms with van der Waals surface area (Å²) >= 11 is -2.46. The first-order valence-corrected chi connectivity index (χ1v) is 17.4. The second-order valence-electron chi connectivity index (χ2n) is 7.71. The Morgan fingerprint density at radius 1 is 0.821 bits per heavy atom. The predicted molar refractivity (Wildman–Crippen MR) is 120 cm³/mol. The number of fused-ring (bicyclic) bond motifs is 1. The molecule has 1 atom stereocenters. The molecule has 0 saturated carbocycles. The molecule has 0 fully saturated rings. The van der Waals surface area contributed by atoms with Crippen molar-refractivity contribution in [2.24, 2.45) is 0 Å². The minimum absolute atomic E-state index is 0.254. The van der Waals surface area contributed by atoms with Crippen LogP contribution >= 0.6 is 17.0 Å². The van der Waals surface area contributed by atoms with Gasteiger partial charge < -0.3 is 0 Å². The van der Waals surface area contributed by atoms with Crippen LogP contribution in [-0.4, -0.2) is 0 Å². The number of hydrogen-bond donors (Lipinski definition) is 0. The van der Waals surface area contributed by atoms with E-state index in [0.717, 1.165) is 0 Å². The fourth-order valence-electron chi connectivity index (χ4n) is 4.26. The van der Waals surface area contributed by atoms with E-state index in [9.17, 15) is 0 Å². The Balaban J connectivity index is 2.03. The summed E-state index contributed by atoms with van der Waals surface area (Å²) in [6.07, 6.45) is 2.33. The van der Waals surface area contributed by atoms with Crippen molar-refractivity contribution in [2.45, 2.75) is 30.3 Å². The second kappa shape index (κ2) is 8.31. The van der Waals surface area contributed by atoms with Crippen LogP contribution in [0.3, 0.4) is 0 Å². The van der Waals surface area contributed by atoms with E-state index in [1.807, 2.05) is 0 Å². The third-order valence-corrected chi connectivity index (χ3v) is 11.1. The first-order valence-electron chi connectivity index (χ1n) is 9.66. The molecule has 0 nitrogen and oxygen atoms in total. The van der Waals surface area contributed by atoms with Gasteiger partial charge in [0.2, 0.25) is 0 Å². The van der Waals surface area contributed by atoms with Gasteiger partial charge in [-0.05, 0) is 0 Å². The average molecular weight is 486 g/mol. The molecule has 3 heteroatoms. The van der Waals surface area contributed by atoms with Crippen LogP contribution in [-0.2, 0) is 19.4 Å². The summed E-state index contributed by atoms with van der Waals surface area (Å²) in [6.45, 7) is 6.71. The number of hydrogen-bond acceptors (Lipinski definition) is 0. The first kappa shape index (κ1) is 20.1. The molecular weight excluding hydrogens is 462 g/mol. The topological polar surface area (TPSA) is 0 Å². The Kier molecular flexibility index (Phi) is 5.98. The van der Waals surface area contributed by atoms with Gasteiger partial charge in [-0.3, -0.25) is 0 Å². The van der Waals surface area contributed by atoms with Crippen LogP contribution in [0.2, 0.25) is 0 Å². The third kappa shape index (κ3) is 3.58. The van der Waals surface area contributed by atoms with Gasteiger partial charge in [0.25, 0.3) is 0 Å². The summed E-state index contributed by atoms with van der Waals surface area (Å²) < 4.78 is 0.254. The van der Waals surface area contributed by atoms with E-state index >= 15 is 0 Å². The molecule has 0 radical (unpaired) electrons. The third-order valence-electron chi connectivity index (χ3n) is 5.57. The average Bonchev–Trinajstić information content (AvgIpc) is 3.03. The zero-order chi connectivity index (χ0) is 19.8. The van der Waals surface area contributed by atoms with Gasteiger partial charge in [0.1, 0.15) is 0 Å². The van der Waals surface area contributed by atoms with Crippen molar-refractivity contribution in [3.63, 3.8) is 0 Å². The molecule has 141 valence electrons. The van der Waals surface area contributed by atoms with E-state index in [1.54, 1.807) is 0 Å². The van der Waals surface area contributed by atoms with Gasteiger partial charge in [-0.2, -0.15) is 0 Å². The van der Waals surface area contributed by atoms with Gasteiger partial charge in [0.05, 0.1) is 0 Å². The van der Waals surface area contributed by atoms with Crippen LogP contribution in [0, 0.1) is 0 Å². The predicted octanol–water partition coefficient (Wildman–Crippen LogP) is 8.53. The van der Waals surface area contributed by atoms with E-state index in [4.69, 9.17) is 17.0 Å². The Labute approximate surface area is 183 Å². The van der Waals surface area contributed by atoms with Crippen LogP contribution in [0.15, 0.2) is 72.3 Å².